The summed E-state index contributed by atoms with van der Waals surface area (Å²) in [5, 5.41) is 10.4. The van der Waals surface area contributed by atoms with Gasteiger partial charge in [-0.2, -0.15) is 0 Å². The zero-order valence-electron chi connectivity index (χ0n) is 10.0. The van der Waals surface area contributed by atoms with Crippen LogP contribution in [0.4, 0.5) is 5.69 Å². The molecular weight excluding hydrogens is 238 g/mol. The Labute approximate surface area is 104 Å². The van der Waals surface area contributed by atoms with E-state index >= 15 is 0 Å². The highest BCUT2D eigenvalue weighted by molar-refractivity contribution is 5.90. The number of nitrogens with zero attached hydrogens (tertiary/aromatic N) is 1. The molecule has 18 heavy (non-hydrogen) atoms. The molecule has 96 valence electrons. The number of carbonyl (C=O) groups is 2. The van der Waals surface area contributed by atoms with Crippen molar-refractivity contribution in [1.82, 2.24) is 0 Å². The van der Waals surface area contributed by atoms with Gasteiger partial charge < -0.3 is 4.74 Å². The van der Waals surface area contributed by atoms with Crippen molar-refractivity contribution in [2.45, 2.75) is 20.0 Å². The van der Waals surface area contributed by atoms with E-state index in [2.05, 4.69) is 0 Å². The fourth-order valence-corrected chi connectivity index (χ4v) is 1.23. The summed E-state index contributed by atoms with van der Waals surface area (Å²) in [7, 11) is 0. The number of rotatable bonds is 5. The third kappa shape index (κ3) is 3.38. The monoisotopic (exact) mass is 251 g/mol. The molecule has 0 amide bonds. The molecule has 1 rings (SSSR count). The van der Waals surface area contributed by atoms with Gasteiger partial charge in [-0.25, -0.2) is 4.79 Å². The topological polar surface area (TPSA) is 86.5 Å². The van der Waals surface area contributed by atoms with Crippen LogP contribution in [0.3, 0.4) is 0 Å². The Morgan fingerprint density at radius 1 is 1.33 bits per heavy atom. The summed E-state index contributed by atoms with van der Waals surface area (Å²) in [6.45, 7) is 3.50. The number of ether oxygens (including phenoxy) is 1. The van der Waals surface area contributed by atoms with Crippen LogP contribution in [0.15, 0.2) is 24.3 Å². The third-order valence-electron chi connectivity index (χ3n) is 2.35. The number of hydrogen-bond donors (Lipinski definition) is 0. The Bertz CT molecular complexity index is 452. The summed E-state index contributed by atoms with van der Waals surface area (Å²) in [6.07, 6.45) is -0.249. The van der Waals surface area contributed by atoms with Crippen LogP contribution in [-0.2, 0) is 9.53 Å². The van der Waals surface area contributed by atoms with Gasteiger partial charge in [0.15, 0.2) is 12.4 Å². The van der Waals surface area contributed by atoms with Gasteiger partial charge in [0, 0.05) is 12.1 Å². The van der Waals surface area contributed by atoms with E-state index in [9.17, 15) is 19.7 Å². The van der Waals surface area contributed by atoms with E-state index in [1.807, 2.05) is 0 Å². The zero-order chi connectivity index (χ0) is 13.7. The number of benzene rings is 1. The lowest BCUT2D eigenvalue weighted by Crippen LogP contribution is -2.25. The summed E-state index contributed by atoms with van der Waals surface area (Å²) >= 11 is 0. The SMILES string of the molecule is CC(C)[C@H](C=O)OC(=O)c1ccc([N+](=O)[O-])cc1. The summed E-state index contributed by atoms with van der Waals surface area (Å²) in [5.41, 5.74) is 0.0652. The first-order valence-electron chi connectivity index (χ1n) is 5.36. The lowest BCUT2D eigenvalue weighted by atomic mass is 10.1. The Balaban J connectivity index is 2.78. The molecule has 6 heteroatoms. The molecule has 0 aromatic heterocycles. The third-order valence-corrected chi connectivity index (χ3v) is 2.35. The number of non-ortho nitro benzene ring substituents is 1. The second-order valence-electron chi connectivity index (χ2n) is 4.05. The molecule has 0 saturated carbocycles. The fraction of sp³-hybridized carbons (Fsp3) is 0.333. The van der Waals surface area contributed by atoms with Crippen LogP contribution < -0.4 is 0 Å². The minimum Gasteiger partial charge on any atom is -0.451 e. The number of hydrogen-bond acceptors (Lipinski definition) is 5. The Kier molecular flexibility index (Phi) is 4.53. The van der Waals surface area contributed by atoms with Crippen LogP contribution in [0.5, 0.6) is 0 Å². The average Bonchev–Trinajstić information content (AvgIpc) is 2.35. The van der Waals surface area contributed by atoms with E-state index in [0.717, 1.165) is 0 Å². The van der Waals surface area contributed by atoms with Gasteiger partial charge in [-0.3, -0.25) is 14.9 Å². The Hall–Kier alpha value is -2.24. The number of aldehydes is 1. The predicted octanol–water partition coefficient (Wildman–Crippen LogP) is 1.98. The quantitative estimate of drug-likeness (QED) is 0.345. The maximum atomic E-state index is 11.6. The largest absolute Gasteiger partial charge is 0.451 e. The van der Waals surface area contributed by atoms with Crippen molar-refractivity contribution in [2.75, 3.05) is 0 Å². The van der Waals surface area contributed by atoms with E-state index in [-0.39, 0.29) is 17.2 Å². The molecule has 0 radical (unpaired) electrons. The first-order chi connectivity index (χ1) is 8.45. The molecule has 1 atom stereocenters. The van der Waals surface area contributed by atoms with Crippen LogP contribution in [0.25, 0.3) is 0 Å². The van der Waals surface area contributed by atoms with E-state index in [1.165, 1.54) is 24.3 Å². The van der Waals surface area contributed by atoms with Gasteiger partial charge in [-0.05, 0) is 18.1 Å². The standard InChI is InChI=1S/C12H13NO5/c1-8(2)11(7-14)18-12(15)9-3-5-10(6-4-9)13(16)17/h3-8,11H,1-2H3/t11-/m0/s1. The van der Waals surface area contributed by atoms with Crippen molar-refractivity contribution in [3.63, 3.8) is 0 Å². The molecular formula is C12H13NO5. The van der Waals surface area contributed by atoms with Crippen molar-refractivity contribution < 1.29 is 19.2 Å². The summed E-state index contributed by atoms with van der Waals surface area (Å²) in [6, 6.07) is 5.01. The molecule has 0 unspecified atom stereocenters. The normalized spacial score (nSPS) is 11.9. The highest BCUT2D eigenvalue weighted by atomic mass is 16.6. The predicted molar refractivity (Wildman–Crippen MR) is 63.2 cm³/mol. The van der Waals surface area contributed by atoms with Gasteiger partial charge in [-0.15, -0.1) is 0 Å². The smallest absolute Gasteiger partial charge is 0.338 e. The number of carbonyl (C=O) groups excluding carboxylic acids is 2. The van der Waals surface area contributed by atoms with Gasteiger partial charge in [0.2, 0.25) is 0 Å². The average molecular weight is 251 g/mol. The van der Waals surface area contributed by atoms with E-state index in [4.69, 9.17) is 4.74 Å². The Morgan fingerprint density at radius 3 is 2.28 bits per heavy atom. The molecule has 0 saturated heterocycles. The van der Waals surface area contributed by atoms with Crippen LogP contribution in [0, 0.1) is 16.0 Å². The lowest BCUT2D eigenvalue weighted by molar-refractivity contribution is -0.384. The second kappa shape index (κ2) is 5.90. The molecule has 0 aliphatic rings. The summed E-state index contributed by atoms with van der Waals surface area (Å²) in [4.78, 5) is 32.2. The lowest BCUT2D eigenvalue weighted by Gasteiger charge is -2.15. The molecule has 0 heterocycles. The number of nitro groups is 1. The van der Waals surface area contributed by atoms with Crippen LogP contribution >= 0.6 is 0 Å². The maximum absolute atomic E-state index is 11.6. The van der Waals surface area contributed by atoms with Crippen LogP contribution in [-0.4, -0.2) is 23.3 Å². The molecule has 0 N–H and O–H groups in total. The van der Waals surface area contributed by atoms with Crippen molar-refractivity contribution in [1.29, 1.82) is 0 Å². The van der Waals surface area contributed by atoms with Gasteiger partial charge in [0.25, 0.3) is 5.69 Å². The number of esters is 1. The molecule has 1 aromatic rings. The molecule has 0 fully saturated rings. The van der Waals surface area contributed by atoms with E-state index in [0.29, 0.717) is 6.29 Å². The minimum absolute atomic E-state index is 0.109. The molecule has 0 aliphatic heterocycles. The minimum atomic E-state index is -0.812. The van der Waals surface area contributed by atoms with Gasteiger partial charge in [0.1, 0.15) is 0 Å². The van der Waals surface area contributed by atoms with Crippen molar-refractivity contribution in [2.24, 2.45) is 5.92 Å². The van der Waals surface area contributed by atoms with Gasteiger partial charge in [0.05, 0.1) is 10.5 Å². The molecule has 1 aromatic carbocycles. The molecule has 0 spiro atoms. The van der Waals surface area contributed by atoms with Crippen LogP contribution in [0.2, 0.25) is 0 Å². The van der Waals surface area contributed by atoms with Crippen molar-refractivity contribution in [3.05, 3.63) is 39.9 Å². The van der Waals surface area contributed by atoms with Gasteiger partial charge >= 0.3 is 5.97 Å². The van der Waals surface area contributed by atoms with Crippen molar-refractivity contribution in [3.8, 4) is 0 Å². The Morgan fingerprint density at radius 2 is 1.89 bits per heavy atom. The summed E-state index contributed by atoms with van der Waals surface area (Å²) in [5.74, 6) is -0.791. The van der Waals surface area contributed by atoms with Crippen molar-refractivity contribution >= 4 is 17.9 Å². The van der Waals surface area contributed by atoms with Gasteiger partial charge in [-0.1, -0.05) is 13.8 Å². The van der Waals surface area contributed by atoms with E-state index < -0.39 is 17.0 Å². The first kappa shape index (κ1) is 13.8. The molecule has 0 bridgehead atoms. The fourth-order valence-electron chi connectivity index (χ4n) is 1.23. The molecule has 0 aliphatic carbocycles. The zero-order valence-corrected chi connectivity index (χ0v) is 10.0. The summed E-state index contributed by atoms with van der Waals surface area (Å²) < 4.78 is 4.97. The number of nitro benzene ring substituents is 1. The first-order valence-corrected chi connectivity index (χ1v) is 5.36. The maximum Gasteiger partial charge on any atom is 0.338 e. The van der Waals surface area contributed by atoms with Crippen LogP contribution in [0.1, 0.15) is 24.2 Å². The highest BCUT2D eigenvalue weighted by Gasteiger charge is 2.19. The second-order valence-corrected chi connectivity index (χ2v) is 4.05. The van der Waals surface area contributed by atoms with E-state index in [1.54, 1.807) is 13.8 Å². The molecule has 6 nitrogen and oxygen atoms in total. The highest BCUT2D eigenvalue weighted by Crippen LogP contribution is 2.14.